The van der Waals surface area contributed by atoms with E-state index in [4.69, 9.17) is 21.1 Å². The largest absolute Gasteiger partial charge is 0.468 e. The van der Waals surface area contributed by atoms with E-state index >= 15 is 0 Å². The lowest BCUT2D eigenvalue weighted by atomic mass is 9.99. The van der Waals surface area contributed by atoms with Gasteiger partial charge in [-0.15, -0.1) is 0 Å². The van der Waals surface area contributed by atoms with Crippen molar-refractivity contribution >= 4 is 23.5 Å². The Hall–Kier alpha value is -1.55. The molecule has 1 aromatic rings. The van der Waals surface area contributed by atoms with Gasteiger partial charge < -0.3 is 9.47 Å². The van der Waals surface area contributed by atoms with Crippen LogP contribution in [0.4, 0.5) is 0 Å². The van der Waals surface area contributed by atoms with Crippen molar-refractivity contribution < 1.29 is 19.1 Å². The quantitative estimate of drug-likeness (QED) is 0.623. The highest BCUT2D eigenvalue weighted by Crippen LogP contribution is 2.60. The van der Waals surface area contributed by atoms with Crippen LogP contribution in [0.1, 0.15) is 17.9 Å². The minimum absolute atomic E-state index is 0.199. The summed E-state index contributed by atoms with van der Waals surface area (Å²) in [5.41, 5.74) is -0.299. The first-order valence-electron chi connectivity index (χ1n) is 5.48. The monoisotopic (exact) mass is 268 g/mol. The molecular formula is C13H13ClO4. The fourth-order valence-corrected chi connectivity index (χ4v) is 2.39. The minimum atomic E-state index is -1.18. The second kappa shape index (κ2) is 4.61. The fourth-order valence-electron chi connectivity index (χ4n) is 2.26. The molecule has 0 aromatic heterocycles. The van der Waals surface area contributed by atoms with Gasteiger partial charge in [0.2, 0.25) is 0 Å². The number of benzene rings is 1. The first-order valence-corrected chi connectivity index (χ1v) is 5.86. The molecule has 1 atom stereocenters. The molecule has 0 amide bonds. The highest BCUT2D eigenvalue weighted by Gasteiger charge is 2.68. The van der Waals surface area contributed by atoms with Gasteiger partial charge >= 0.3 is 11.9 Å². The number of ether oxygens (including phenoxy) is 2. The standard InChI is InChI=1S/C13H13ClO4/c1-17-11(15)13(12(16)18-2)7-10(13)8-3-5-9(14)6-4-8/h3-6,10H,7H2,1-2H3/t10-/m0/s1. The van der Waals surface area contributed by atoms with E-state index in [1.165, 1.54) is 14.2 Å². The third-order valence-electron chi connectivity index (χ3n) is 3.33. The van der Waals surface area contributed by atoms with Crippen LogP contribution in [0, 0.1) is 5.41 Å². The van der Waals surface area contributed by atoms with Crippen LogP contribution >= 0.6 is 11.6 Å². The molecule has 96 valence electrons. The highest BCUT2D eigenvalue weighted by molar-refractivity contribution is 6.30. The van der Waals surface area contributed by atoms with Gasteiger partial charge in [-0.3, -0.25) is 9.59 Å². The molecular weight excluding hydrogens is 256 g/mol. The van der Waals surface area contributed by atoms with Crippen molar-refractivity contribution in [3.8, 4) is 0 Å². The van der Waals surface area contributed by atoms with Crippen molar-refractivity contribution in [1.82, 2.24) is 0 Å². The SMILES string of the molecule is COC(=O)C1(C(=O)OC)C[C@H]1c1ccc(Cl)cc1. The zero-order chi connectivity index (χ0) is 13.3. The second-order valence-corrected chi connectivity index (χ2v) is 4.70. The molecule has 0 spiro atoms. The number of hydrogen-bond acceptors (Lipinski definition) is 4. The Labute approximate surface area is 110 Å². The summed E-state index contributed by atoms with van der Waals surface area (Å²) in [5, 5.41) is 0.612. The Morgan fingerprint density at radius 1 is 1.17 bits per heavy atom. The molecule has 2 rings (SSSR count). The summed E-state index contributed by atoms with van der Waals surface area (Å²) in [7, 11) is 2.54. The van der Waals surface area contributed by atoms with Gasteiger partial charge in [0.05, 0.1) is 14.2 Å². The topological polar surface area (TPSA) is 52.6 Å². The van der Waals surface area contributed by atoms with Crippen LogP contribution in [-0.4, -0.2) is 26.2 Å². The summed E-state index contributed by atoms with van der Waals surface area (Å²) >= 11 is 5.80. The predicted molar refractivity (Wildman–Crippen MR) is 65.3 cm³/mol. The van der Waals surface area contributed by atoms with Gasteiger partial charge in [0.15, 0.2) is 5.41 Å². The molecule has 0 heterocycles. The molecule has 1 aromatic carbocycles. The summed E-state index contributed by atoms with van der Waals surface area (Å²) < 4.78 is 9.42. The first kappa shape index (κ1) is 12.9. The van der Waals surface area contributed by atoms with Crippen molar-refractivity contribution in [2.45, 2.75) is 12.3 Å². The van der Waals surface area contributed by atoms with Gasteiger partial charge in [-0.05, 0) is 24.1 Å². The molecule has 0 N–H and O–H groups in total. The van der Waals surface area contributed by atoms with Crippen molar-refractivity contribution in [3.63, 3.8) is 0 Å². The summed E-state index contributed by atoms with van der Waals surface area (Å²) in [5.74, 6) is -1.29. The number of carbonyl (C=O) groups excluding carboxylic acids is 2. The maximum absolute atomic E-state index is 11.8. The lowest BCUT2D eigenvalue weighted by molar-refractivity contribution is -0.161. The molecule has 0 unspecified atom stereocenters. The van der Waals surface area contributed by atoms with Crippen LogP contribution in [0.25, 0.3) is 0 Å². The van der Waals surface area contributed by atoms with Gasteiger partial charge in [0.1, 0.15) is 0 Å². The number of carbonyl (C=O) groups is 2. The lowest BCUT2D eigenvalue weighted by Crippen LogP contribution is -2.30. The van der Waals surface area contributed by atoms with Crippen molar-refractivity contribution in [2.75, 3.05) is 14.2 Å². The Morgan fingerprint density at radius 3 is 2.11 bits per heavy atom. The zero-order valence-corrected chi connectivity index (χ0v) is 10.9. The predicted octanol–water partition coefficient (Wildman–Crippen LogP) is 2.16. The Balaban J connectivity index is 2.30. The van der Waals surface area contributed by atoms with Gasteiger partial charge in [-0.2, -0.15) is 0 Å². The van der Waals surface area contributed by atoms with Gasteiger partial charge in [-0.1, -0.05) is 23.7 Å². The molecule has 1 aliphatic carbocycles. The molecule has 0 bridgehead atoms. The molecule has 1 aliphatic rings. The van der Waals surface area contributed by atoms with Gasteiger partial charge in [0, 0.05) is 10.9 Å². The van der Waals surface area contributed by atoms with Crippen LogP contribution in [0.15, 0.2) is 24.3 Å². The molecule has 0 saturated heterocycles. The highest BCUT2D eigenvalue weighted by atomic mass is 35.5. The van der Waals surface area contributed by atoms with Gasteiger partial charge in [0.25, 0.3) is 0 Å². The third kappa shape index (κ3) is 1.86. The van der Waals surface area contributed by atoms with Crippen LogP contribution in [0.3, 0.4) is 0 Å². The van der Waals surface area contributed by atoms with E-state index in [1.54, 1.807) is 24.3 Å². The molecule has 1 fully saturated rings. The summed E-state index contributed by atoms with van der Waals surface area (Å²) in [6.45, 7) is 0. The number of rotatable bonds is 3. The van der Waals surface area contributed by atoms with E-state index in [-0.39, 0.29) is 5.92 Å². The van der Waals surface area contributed by atoms with E-state index in [1.807, 2.05) is 0 Å². The molecule has 18 heavy (non-hydrogen) atoms. The third-order valence-corrected chi connectivity index (χ3v) is 3.58. The zero-order valence-electron chi connectivity index (χ0n) is 10.1. The maximum Gasteiger partial charge on any atom is 0.323 e. The van der Waals surface area contributed by atoms with Crippen LogP contribution in [-0.2, 0) is 19.1 Å². The van der Waals surface area contributed by atoms with Crippen molar-refractivity contribution in [1.29, 1.82) is 0 Å². The molecule has 5 heteroatoms. The van der Waals surface area contributed by atoms with E-state index < -0.39 is 17.4 Å². The average molecular weight is 269 g/mol. The van der Waals surface area contributed by atoms with E-state index in [0.29, 0.717) is 11.4 Å². The Kier molecular flexibility index (Phi) is 3.30. The average Bonchev–Trinajstić information content (AvgIpc) is 3.14. The Morgan fingerprint density at radius 2 is 1.67 bits per heavy atom. The summed E-state index contributed by atoms with van der Waals surface area (Å²) in [6, 6.07) is 7.07. The molecule has 0 aliphatic heterocycles. The van der Waals surface area contributed by atoms with Crippen LogP contribution < -0.4 is 0 Å². The number of halogens is 1. The van der Waals surface area contributed by atoms with E-state index in [0.717, 1.165) is 5.56 Å². The normalized spacial score (nSPS) is 20.1. The molecule has 1 saturated carbocycles. The first-order chi connectivity index (χ1) is 8.56. The lowest BCUT2D eigenvalue weighted by Gasteiger charge is -2.12. The van der Waals surface area contributed by atoms with Crippen LogP contribution in [0.5, 0.6) is 0 Å². The van der Waals surface area contributed by atoms with Gasteiger partial charge in [-0.25, -0.2) is 0 Å². The summed E-state index contributed by atoms with van der Waals surface area (Å²) in [4.78, 5) is 23.6. The van der Waals surface area contributed by atoms with E-state index in [2.05, 4.69) is 0 Å². The van der Waals surface area contributed by atoms with Crippen molar-refractivity contribution in [3.05, 3.63) is 34.9 Å². The summed E-state index contributed by atoms with van der Waals surface area (Å²) in [6.07, 6.45) is 0.411. The molecule has 0 radical (unpaired) electrons. The van der Waals surface area contributed by atoms with Crippen molar-refractivity contribution in [2.24, 2.45) is 5.41 Å². The Bertz CT molecular complexity index is 464. The fraction of sp³-hybridized carbons (Fsp3) is 0.385. The van der Waals surface area contributed by atoms with E-state index in [9.17, 15) is 9.59 Å². The van der Waals surface area contributed by atoms with Crippen LogP contribution in [0.2, 0.25) is 5.02 Å². The number of methoxy groups -OCH3 is 2. The smallest absolute Gasteiger partial charge is 0.323 e. The second-order valence-electron chi connectivity index (χ2n) is 4.26. The minimum Gasteiger partial charge on any atom is -0.468 e. The number of hydrogen-bond donors (Lipinski definition) is 0. The molecule has 4 nitrogen and oxygen atoms in total. The number of esters is 2. The maximum atomic E-state index is 11.8.